The zero-order chi connectivity index (χ0) is 19.1. The summed E-state index contributed by atoms with van der Waals surface area (Å²) in [4.78, 5) is 34.0. The molecule has 2 atom stereocenters. The lowest BCUT2D eigenvalue weighted by atomic mass is 10.1. The number of benzene rings is 1. The molecule has 2 aromatic rings. The van der Waals surface area contributed by atoms with E-state index in [-0.39, 0.29) is 19.0 Å². The Morgan fingerprint density at radius 3 is 2.58 bits per heavy atom. The zero-order valence-corrected chi connectivity index (χ0v) is 15.2. The third-order valence-electron chi connectivity index (χ3n) is 4.39. The van der Waals surface area contributed by atoms with Gasteiger partial charge in [-0.3, -0.25) is 9.69 Å². The number of likely N-dealkylation sites (N-methyl/N-ethyl adjacent to an activating group) is 1. The van der Waals surface area contributed by atoms with Crippen LogP contribution in [0.3, 0.4) is 0 Å². The van der Waals surface area contributed by atoms with Gasteiger partial charge in [-0.1, -0.05) is 29.3 Å². The van der Waals surface area contributed by atoms with E-state index in [1.807, 2.05) is 0 Å². The Labute approximate surface area is 158 Å². The molecule has 1 fully saturated rings. The molecule has 10 heteroatoms. The summed E-state index contributed by atoms with van der Waals surface area (Å²) in [7, 11) is 1.48. The van der Waals surface area contributed by atoms with Crippen LogP contribution in [-0.4, -0.2) is 46.4 Å². The van der Waals surface area contributed by atoms with Crippen molar-refractivity contribution in [3.05, 3.63) is 52.0 Å². The van der Waals surface area contributed by atoms with Crippen LogP contribution < -0.4 is 10.2 Å². The lowest BCUT2D eigenvalue weighted by Crippen LogP contribution is -2.52. The quantitative estimate of drug-likeness (QED) is 0.800. The largest absolute Gasteiger partial charge is 0.427 e. The Morgan fingerprint density at radius 2 is 2.04 bits per heavy atom. The van der Waals surface area contributed by atoms with Gasteiger partial charge in [-0.25, -0.2) is 9.18 Å². The van der Waals surface area contributed by atoms with Crippen LogP contribution in [-0.2, 0) is 11.3 Å². The summed E-state index contributed by atoms with van der Waals surface area (Å²) in [5, 5.41) is 0.804. The summed E-state index contributed by atoms with van der Waals surface area (Å²) < 4.78 is 12.8. The van der Waals surface area contributed by atoms with Gasteiger partial charge < -0.3 is 5.73 Å². The molecule has 2 unspecified atom stereocenters. The molecule has 0 aliphatic carbocycles. The van der Waals surface area contributed by atoms with Crippen molar-refractivity contribution in [1.29, 1.82) is 0 Å². The molecule has 0 radical (unpaired) electrons. The SMILES string of the molecule is CN1C(=O)[N+](Cc2ccc(Cl)cc2Cl)(c2ncc(F)cn2)CC1C(N)=O. The van der Waals surface area contributed by atoms with Gasteiger partial charge in [-0.2, -0.15) is 14.5 Å². The van der Waals surface area contributed by atoms with E-state index in [0.29, 0.717) is 15.6 Å². The van der Waals surface area contributed by atoms with Gasteiger partial charge in [0.2, 0.25) is 5.91 Å². The molecule has 0 bridgehead atoms. The average Bonchev–Trinajstić information content (AvgIpc) is 2.84. The maximum Gasteiger partial charge on any atom is 0.427 e. The van der Waals surface area contributed by atoms with Crippen molar-refractivity contribution in [3.8, 4) is 0 Å². The summed E-state index contributed by atoms with van der Waals surface area (Å²) in [6, 6.07) is 3.59. The highest BCUT2D eigenvalue weighted by atomic mass is 35.5. The number of primary amides is 1. The van der Waals surface area contributed by atoms with E-state index in [2.05, 4.69) is 9.97 Å². The number of halogens is 3. The highest BCUT2D eigenvalue weighted by Crippen LogP contribution is 2.33. The smallest absolute Gasteiger partial charge is 0.368 e. The lowest BCUT2D eigenvalue weighted by molar-refractivity contribution is -0.121. The first-order chi connectivity index (χ1) is 12.2. The number of nitrogens with zero attached hydrogens (tertiary/aromatic N) is 4. The first kappa shape index (κ1) is 18.5. The van der Waals surface area contributed by atoms with Gasteiger partial charge in [0.1, 0.15) is 13.1 Å². The molecule has 1 aliphatic heterocycles. The third kappa shape index (κ3) is 3.11. The normalized spacial score (nSPS) is 22.7. The van der Waals surface area contributed by atoms with Crippen LogP contribution in [0.5, 0.6) is 0 Å². The molecule has 1 aliphatic rings. The minimum Gasteiger partial charge on any atom is -0.368 e. The van der Waals surface area contributed by atoms with Gasteiger partial charge >= 0.3 is 12.0 Å². The van der Waals surface area contributed by atoms with Crippen molar-refractivity contribution < 1.29 is 14.0 Å². The van der Waals surface area contributed by atoms with E-state index >= 15 is 0 Å². The second-order valence-electron chi connectivity index (χ2n) is 6.06. The Morgan fingerprint density at radius 1 is 1.38 bits per heavy atom. The fourth-order valence-electron chi connectivity index (χ4n) is 3.05. The minimum absolute atomic E-state index is 0.00918. The molecule has 2 heterocycles. The standard InChI is InChI=1S/C16H14Cl2FN5O2/c1-23-13(14(20)25)8-24(16(23)26,15-21-5-11(19)6-22-15)7-9-2-3-10(17)4-12(9)18/h2-6,13H,7-8H2,1H3,(H-,20,25)/p+1. The maximum atomic E-state index is 13.3. The number of quaternary nitrogens is 1. The first-order valence-corrected chi connectivity index (χ1v) is 8.36. The molecule has 3 amide bonds. The Balaban J connectivity index is 2.12. The maximum absolute atomic E-state index is 13.3. The summed E-state index contributed by atoms with van der Waals surface area (Å²) >= 11 is 12.2. The number of carbonyl (C=O) groups excluding carboxylic acids is 2. The van der Waals surface area contributed by atoms with Crippen LogP contribution in [0, 0.1) is 5.82 Å². The van der Waals surface area contributed by atoms with Crippen LogP contribution in [0.2, 0.25) is 10.0 Å². The predicted molar refractivity (Wildman–Crippen MR) is 95.0 cm³/mol. The molecule has 2 N–H and O–H groups in total. The Kier molecular flexibility index (Phi) is 4.83. The van der Waals surface area contributed by atoms with Crippen LogP contribution in [0.15, 0.2) is 30.6 Å². The zero-order valence-electron chi connectivity index (χ0n) is 13.7. The number of hydrogen-bond donors (Lipinski definition) is 1. The molecular weight excluding hydrogens is 384 g/mol. The van der Waals surface area contributed by atoms with Crippen LogP contribution in [0.1, 0.15) is 5.56 Å². The number of aromatic nitrogens is 2. The summed E-state index contributed by atoms with van der Waals surface area (Å²) in [6.45, 7) is 0.0733. The molecular formula is C16H15Cl2FN5O2+. The second kappa shape index (κ2) is 6.79. The van der Waals surface area contributed by atoms with E-state index in [9.17, 15) is 14.0 Å². The van der Waals surface area contributed by atoms with Crippen LogP contribution in [0.4, 0.5) is 15.1 Å². The fourth-order valence-corrected chi connectivity index (χ4v) is 3.52. The molecule has 1 saturated heterocycles. The summed E-state index contributed by atoms with van der Waals surface area (Å²) in [5.41, 5.74) is 6.04. The van der Waals surface area contributed by atoms with Crippen molar-refractivity contribution in [2.75, 3.05) is 13.6 Å². The highest BCUT2D eigenvalue weighted by Gasteiger charge is 2.56. The van der Waals surface area contributed by atoms with Crippen molar-refractivity contribution >= 4 is 41.1 Å². The van der Waals surface area contributed by atoms with Crippen molar-refractivity contribution in [2.24, 2.45) is 5.73 Å². The molecule has 1 aromatic heterocycles. The Bertz CT molecular complexity index is 879. The number of urea groups is 1. The predicted octanol–water partition coefficient (Wildman–Crippen LogP) is 2.35. The van der Waals surface area contributed by atoms with E-state index in [4.69, 9.17) is 28.9 Å². The molecule has 0 saturated carbocycles. The lowest BCUT2D eigenvalue weighted by Gasteiger charge is -2.27. The van der Waals surface area contributed by atoms with E-state index in [0.717, 1.165) is 12.4 Å². The van der Waals surface area contributed by atoms with E-state index in [1.165, 1.54) is 11.9 Å². The number of hydrogen-bond acceptors (Lipinski definition) is 4. The van der Waals surface area contributed by atoms with Gasteiger partial charge in [-0.15, -0.1) is 0 Å². The number of amides is 3. The summed E-state index contributed by atoms with van der Waals surface area (Å²) in [6.07, 6.45) is 1.94. The number of nitrogens with two attached hydrogens (primary N) is 1. The van der Waals surface area contributed by atoms with Gasteiger partial charge in [0.15, 0.2) is 11.9 Å². The molecule has 0 spiro atoms. The topological polar surface area (TPSA) is 89.2 Å². The van der Waals surface area contributed by atoms with Gasteiger partial charge in [0.25, 0.3) is 0 Å². The molecule has 1 aromatic carbocycles. The molecule has 136 valence electrons. The van der Waals surface area contributed by atoms with Crippen molar-refractivity contribution in [3.63, 3.8) is 0 Å². The van der Waals surface area contributed by atoms with Crippen molar-refractivity contribution in [2.45, 2.75) is 12.6 Å². The Hall–Kier alpha value is -2.29. The first-order valence-electron chi connectivity index (χ1n) is 7.60. The van der Waals surface area contributed by atoms with Gasteiger partial charge in [-0.05, 0) is 12.1 Å². The third-order valence-corrected chi connectivity index (χ3v) is 4.98. The minimum atomic E-state index is -0.845. The molecule has 26 heavy (non-hydrogen) atoms. The van der Waals surface area contributed by atoms with Crippen LogP contribution in [0.25, 0.3) is 0 Å². The van der Waals surface area contributed by atoms with Crippen molar-refractivity contribution in [1.82, 2.24) is 19.4 Å². The van der Waals surface area contributed by atoms with Gasteiger partial charge in [0.05, 0.1) is 17.4 Å². The number of rotatable bonds is 4. The van der Waals surface area contributed by atoms with Gasteiger partial charge in [0, 0.05) is 17.6 Å². The summed E-state index contributed by atoms with van der Waals surface area (Å²) in [5.74, 6) is -1.23. The van der Waals surface area contributed by atoms with E-state index in [1.54, 1.807) is 18.2 Å². The second-order valence-corrected chi connectivity index (χ2v) is 6.90. The van der Waals surface area contributed by atoms with Crippen LogP contribution >= 0.6 is 23.2 Å². The average molecular weight is 399 g/mol. The van der Waals surface area contributed by atoms with E-state index < -0.39 is 28.3 Å². The number of carbonyl (C=O) groups is 2. The highest BCUT2D eigenvalue weighted by molar-refractivity contribution is 6.35. The fraction of sp³-hybridized carbons (Fsp3) is 0.250. The molecule has 7 nitrogen and oxygen atoms in total. The molecule has 3 rings (SSSR count). The monoisotopic (exact) mass is 398 g/mol.